The van der Waals surface area contributed by atoms with Gasteiger partial charge in [-0.2, -0.15) is 13.2 Å². The molecule has 13 heteroatoms. The molecule has 1 N–H and O–H groups in total. The van der Waals surface area contributed by atoms with Gasteiger partial charge in [0, 0.05) is 55.3 Å². The van der Waals surface area contributed by atoms with E-state index < -0.39 is 39.1 Å². The Morgan fingerprint density at radius 2 is 1.80 bits per heavy atom. The fourth-order valence-electron chi connectivity index (χ4n) is 6.00. The Bertz CT molecular complexity index is 1630. The number of carbonyl (C=O) groups is 1. The van der Waals surface area contributed by atoms with Crippen molar-refractivity contribution in [1.29, 1.82) is 0 Å². The predicted octanol–water partition coefficient (Wildman–Crippen LogP) is 6.59. The van der Waals surface area contributed by atoms with E-state index in [1.165, 1.54) is 12.1 Å². The first-order valence-electron chi connectivity index (χ1n) is 16.4. The highest BCUT2D eigenvalue weighted by atomic mass is 32.3. The molecule has 49 heavy (non-hydrogen) atoms. The number of carbonyl (C=O) groups excluding carboxylic acids is 1. The molecule has 0 aliphatic carbocycles. The van der Waals surface area contributed by atoms with Gasteiger partial charge >= 0.3 is 6.18 Å². The minimum Gasteiger partial charge on any atom is -0.477 e. The monoisotopic (exact) mass is 705 g/mol. The van der Waals surface area contributed by atoms with Crippen LogP contribution in [0.1, 0.15) is 35.3 Å². The minimum absolute atomic E-state index is 0.109. The third-order valence-electron chi connectivity index (χ3n) is 9.32. The third-order valence-corrected chi connectivity index (χ3v) is 10.7. The van der Waals surface area contributed by atoms with Crippen molar-refractivity contribution in [2.45, 2.75) is 44.7 Å². The summed E-state index contributed by atoms with van der Waals surface area (Å²) in [5, 5.41) is 2.71. The number of benzene rings is 2. The number of rotatable bonds is 11. The van der Waals surface area contributed by atoms with Crippen LogP contribution in [0.25, 0.3) is 11.1 Å². The number of piperazine rings is 1. The Hall–Kier alpha value is -3.39. The number of likely N-dealkylation sites (N-methyl/N-ethyl adjacent to an activating group) is 2. The van der Waals surface area contributed by atoms with Crippen LogP contribution < -0.4 is 15.0 Å². The molecule has 268 valence electrons. The summed E-state index contributed by atoms with van der Waals surface area (Å²) in [6.07, 6.45) is 2.30. The number of alkyl halides is 3. The maximum atomic E-state index is 16.1. The predicted molar refractivity (Wildman–Crippen MR) is 190 cm³/mol. The maximum Gasteiger partial charge on any atom is 0.417 e. The lowest BCUT2D eigenvalue weighted by molar-refractivity contribution is -0.138. The largest absolute Gasteiger partial charge is 0.477 e. The van der Waals surface area contributed by atoms with E-state index in [2.05, 4.69) is 52.7 Å². The molecule has 2 aliphatic heterocycles. The molecule has 0 saturated carbocycles. The zero-order valence-electron chi connectivity index (χ0n) is 29.2. The van der Waals surface area contributed by atoms with Gasteiger partial charge in [0.25, 0.3) is 5.91 Å². The van der Waals surface area contributed by atoms with E-state index in [9.17, 15) is 18.0 Å². The molecule has 5 rings (SSSR count). The van der Waals surface area contributed by atoms with Crippen LogP contribution >= 0.6 is 10.0 Å². The van der Waals surface area contributed by atoms with E-state index in [0.29, 0.717) is 55.9 Å². The van der Waals surface area contributed by atoms with Crippen molar-refractivity contribution in [1.82, 2.24) is 14.8 Å². The van der Waals surface area contributed by atoms with Gasteiger partial charge in [-0.3, -0.25) is 14.6 Å². The van der Waals surface area contributed by atoms with Crippen LogP contribution in [-0.2, 0) is 17.5 Å². The Morgan fingerprint density at radius 3 is 2.41 bits per heavy atom. The zero-order valence-corrected chi connectivity index (χ0v) is 30.1. The molecule has 0 spiro atoms. The lowest BCUT2D eigenvalue weighted by atomic mass is 9.99. The average molecular weight is 706 g/mol. The van der Waals surface area contributed by atoms with Gasteiger partial charge in [0.2, 0.25) is 5.88 Å². The second-order valence-corrected chi connectivity index (χ2v) is 18.7. The number of pyridine rings is 1. The average Bonchev–Trinajstić information content (AvgIpc) is 2.98. The van der Waals surface area contributed by atoms with Crippen molar-refractivity contribution in [3.63, 3.8) is 0 Å². The van der Waals surface area contributed by atoms with Gasteiger partial charge in [-0.05, 0) is 76.0 Å². The summed E-state index contributed by atoms with van der Waals surface area (Å²) >= 11 is 0. The normalized spacial score (nSPS) is 19.6. The molecule has 0 radical (unpaired) electrons. The zero-order chi connectivity index (χ0) is 35.7. The van der Waals surface area contributed by atoms with Gasteiger partial charge in [0.05, 0.1) is 48.4 Å². The lowest BCUT2D eigenvalue weighted by Crippen LogP contribution is -2.55. The summed E-state index contributed by atoms with van der Waals surface area (Å²) in [4.78, 5) is 24.1. The van der Waals surface area contributed by atoms with E-state index in [0.717, 1.165) is 17.8 Å². The molecule has 3 aromatic rings. The number of amides is 1. The first kappa shape index (κ1) is 36.9. The van der Waals surface area contributed by atoms with E-state index in [1.807, 2.05) is 37.2 Å². The van der Waals surface area contributed by atoms with Crippen molar-refractivity contribution in [3.05, 3.63) is 71.2 Å². The standard InChI is InChI=1S/C36H47F4N5O3S/c1-23-18-45(19-24(2)44(23)4)33-16-31(37)28(26-10-8-9-25(13-26)20-43(3)27-21-47-22-27)14-32(33)42-35(46)29-17-41-34(15-30(29)36(38,39)40)48-11-12-49(5,6)7/h8-10,13-17,23-24,27H,11-12,18-22H2,1-7H3,(H,42,46). The van der Waals surface area contributed by atoms with Crippen LogP contribution in [0.5, 0.6) is 5.88 Å². The number of hydrogen-bond acceptors (Lipinski definition) is 7. The van der Waals surface area contributed by atoms with E-state index in [1.54, 1.807) is 6.07 Å². The summed E-state index contributed by atoms with van der Waals surface area (Å²) in [7, 11) is 3.10. The summed E-state index contributed by atoms with van der Waals surface area (Å²) in [5.41, 5.74) is 0.585. The highest BCUT2D eigenvalue weighted by Gasteiger charge is 2.37. The van der Waals surface area contributed by atoms with Gasteiger partial charge < -0.3 is 19.7 Å². The van der Waals surface area contributed by atoms with E-state index in [4.69, 9.17) is 9.47 Å². The van der Waals surface area contributed by atoms with Crippen LogP contribution in [-0.4, -0.2) is 110 Å². The fourth-order valence-corrected chi connectivity index (χ4v) is 6.58. The molecule has 2 aliphatic rings. The molecular formula is C36H47F4N5O3S. The first-order chi connectivity index (χ1) is 23.0. The number of anilines is 2. The number of hydrogen-bond donors (Lipinski definition) is 1. The van der Waals surface area contributed by atoms with Crippen LogP contribution in [0.3, 0.4) is 0 Å². The number of ether oxygens (including phenoxy) is 2. The molecule has 2 unspecified atom stereocenters. The summed E-state index contributed by atoms with van der Waals surface area (Å²) in [5.74, 6) is -1.01. The number of aromatic nitrogens is 1. The molecule has 1 amide bonds. The lowest BCUT2D eigenvalue weighted by Gasteiger charge is -2.44. The summed E-state index contributed by atoms with van der Waals surface area (Å²) in [6, 6.07) is 11.7. The molecule has 2 fully saturated rings. The molecular weight excluding hydrogens is 658 g/mol. The van der Waals surface area contributed by atoms with Crippen LogP contribution in [0.2, 0.25) is 0 Å². The smallest absolute Gasteiger partial charge is 0.417 e. The topological polar surface area (TPSA) is 70.2 Å². The molecule has 0 bridgehead atoms. The first-order valence-corrected chi connectivity index (χ1v) is 19.4. The van der Waals surface area contributed by atoms with Gasteiger partial charge in [-0.15, -0.1) is 0 Å². The molecule has 2 saturated heterocycles. The molecule has 1 aromatic heterocycles. The van der Waals surface area contributed by atoms with E-state index >= 15 is 4.39 Å². The van der Waals surface area contributed by atoms with Crippen LogP contribution in [0.15, 0.2) is 48.7 Å². The number of halogens is 4. The van der Waals surface area contributed by atoms with Crippen molar-refractivity contribution < 1.29 is 31.8 Å². The van der Waals surface area contributed by atoms with Crippen molar-refractivity contribution in [2.24, 2.45) is 0 Å². The summed E-state index contributed by atoms with van der Waals surface area (Å²) < 4.78 is 70.0. The molecule has 2 aromatic carbocycles. The Balaban J connectivity index is 1.50. The Kier molecular flexibility index (Phi) is 11.2. The molecule has 8 nitrogen and oxygen atoms in total. The second-order valence-electron chi connectivity index (χ2n) is 14.1. The van der Waals surface area contributed by atoms with Crippen molar-refractivity contribution >= 4 is 27.3 Å². The van der Waals surface area contributed by atoms with Crippen molar-refractivity contribution in [2.75, 3.05) is 81.7 Å². The van der Waals surface area contributed by atoms with Gasteiger partial charge in [-0.25, -0.2) is 19.4 Å². The number of nitrogens with one attached hydrogen (secondary N) is 1. The third kappa shape index (κ3) is 9.05. The van der Waals surface area contributed by atoms with Gasteiger partial charge in [0.1, 0.15) is 5.82 Å². The molecule has 2 atom stereocenters. The highest BCUT2D eigenvalue weighted by molar-refractivity contribution is 8.32. The summed E-state index contributed by atoms with van der Waals surface area (Å²) in [6.45, 7) is 7.35. The van der Waals surface area contributed by atoms with Gasteiger partial charge in [0.15, 0.2) is 0 Å². The maximum absolute atomic E-state index is 16.1. The van der Waals surface area contributed by atoms with Gasteiger partial charge in [-0.1, -0.05) is 18.2 Å². The Morgan fingerprint density at radius 1 is 1.10 bits per heavy atom. The SMILES string of the molecule is CC1CN(c2cc(F)c(-c3cccc(CN(C)C4COC4)c3)cc2NC(=O)c2cnc(OCCS(C)(C)C)cc2C(F)(F)F)CC(C)N1C. The van der Waals surface area contributed by atoms with Crippen LogP contribution in [0, 0.1) is 5.82 Å². The molecule has 3 heterocycles. The second kappa shape index (κ2) is 14.8. The Labute approximate surface area is 288 Å². The number of nitrogens with zero attached hydrogens (tertiary/aromatic N) is 4. The quantitative estimate of drug-likeness (QED) is 0.226. The highest BCUT2D eigenvalue weighted by Crippen LogP contribution is 2.39. The van der Waals surface area contributed by atoms with Crippen molar-refractivity contribution in [3.8, 4) is 17.0 Å². The fraction of sp³-hybridized carbons (Fsp3) is 0.500. The minimum atomic E-state index is -4.85. The van der Waals surface area contributed by atoms with E-state index in [-0.39, 0.29) is 35.8 Å². The van der Waals surface area contributed by atoms with Crippen LogP contribution in [0.4, 0.5) is 28.9 Å².